The van der Waals surface area contributed by atoms with Crippen molar-refractivity contribution in [3.8, 4) is 5.75 Å². The third-order valence-electron chi connectivity index (χ3n) is 2.66. The van der Waals surface area contributed by atoms with Crippen molar-refractivity contribution < 1.29 is 23.8 Å². The van der Waals surface area contributed by atoms with Crippen molar-refractivity contribution in [1.29, 1.82) is 0 Å². The van der Waals surface area contributed by atoms with E-state index in [-0.39, 0.29) is 4.83 Å². The van der Waals surface area contributed by atoms with Crippen molar-refractivity contribution in [1.82, 2.24) is 0 Å². The zero-order valence-electron chi connectivity index (χ0n) is 10.8. The summed E-state index contributed by atoms with van der Waals surface area (Å²) in [5, 5.41) is -0.587. The molecule has 1 heterocycles. The van der Waals surface area contributed by atoms with E-state index in [2.05, 4.69) is 31.9 Å². The lowest BCUT2D eigenvalue weighted by atomic mass is 10.0. The summed E-state index contributed by atoms with van der Waals surface area (Å²) in [6.07, 6.45) is 0. The first kappa shape index (κ1) is 15.3. The third kappa shape index (κ3) is 2.98. The van der Waals surface area contributed by atoms with E-state index in [1.54, 1.807) is 32.0 Å². The number of ether oxygens (including phenoxy) is 3. The molecule has 0 saturated carbocycles. The van der Waals surface area contributed by atoms with Gasteiger partial charge in [-0.15, -0.1) is 0 Å². The van der Waals surface area contributed by atoms with Crippen LogP contribution in [-0.2, 0) is 14.3 Å². The highest BCUT2D eigenvalue weighted by Crippen LogP contribution is 2.42. The zero-order chi connectivity index (χ0) is 14.9. The molecule has 5 nitrogen and oxygen atoms in total. The van der Waals surface area contributed by atoms with Gasteiger partial charge in [-0.25, -0.2) is 4.79 Å². The Morgan fingerprint density at radius 3 is 2.65 bits per heavy atom. The fourth-order valence-corrected chi connectivity index (χ4v) is 2.71. The molecule has 0 aliphatic carbocycles. The van der Waals surface area contributed by atoms with Crippen LogP contribution in [0, 0.1) is 0 Å². The van der Waals surface area contributed by atoms with Crippen molar-refractivity contribution in [2.45, 2.75) is 29.5 Å². The van der Waals surface area contributed by atoms with Crippen molar-refractivity contribution in [2.75, 3.05) is 0 Å². The lowest BCUT2D eigenvalue weighted by Gasteiger charge is -2.33. The van der Waals surface area contributed by atoms with E-state index < -0.39 is 16.8 Å². The molecule has 108 valence electrons. The predicted molar refractivity (Wildman–Crippen MR) is 78.1 cm³/mol. The molecule has 1 aliphatic heterocycles. The molecular formula is C13H12Br2O5. The molecule has 2 rings (SSSR count). The lowest BCUT2D eigenvalue weighted by Crippen LogP contribution is -2.39. The number of esters is 1. The van der Waals surface area contributed by atoms with Crippen molar-refractivity contribution in [3.05, 3.63) is 29.3 Å². The van der Waals surface area contributed by atoms with Gasteiger partial charge < -0.3 is 14.2 Å². The van der Waals surface area contributed by atoms with E-state index in [0.717, 1.165) is 0 Å². The van der Waals surface area contributed by atoms with Crippen molar-refractivity contribution in [2.24, 2.45) is 0 Å². The maximum Gasteiger partial charge on any atom is 0.345 e. The topological polar surface area (TPSA) is 61.8 Å². The van der Waals surface area contributed by atoms with Gasteiger partial charge in [-0.2, -0.15) is 0 Å². The van der Waals surface area contributed by atoms with Gasteiger partial charge in [0.1, 0.15) is 11.3 Å². The molecule has 1 aromatic carbocycles. The summed E-state index contributed by atoms with van der Waals surface area (Å²) < 4.78 is 15.7. The third-order valence-corrected chi connectivity index (χ3v) is 5.09. The second-order valence-electron chi connectivity index (χ2n) is 4.60. The van der Waals surface area contributed by atoms with Gasteiger partial charge in [-0.05, 0) is 22.0 Å². The first-order valence-electron chi connectivity index (χ1n) is 5.78. The van der Waals surface area contributed by atoms with Crippen LogP contribution in [0.5, 0.6) is 5.75 Å². The maximum absolute atomic E-state index is 12.0. The molecule has 0 N–H and O–H groups in total. The van der Waals surface area contributed by atoms with Crippen LogP contribution in [0.2, 0.25) is 0 Å². The van der Waals surface area contributed by atoms with E-state index in [0.29, 0.717) is 23.3 Å². The minimum atomic E-state index is -1.04. The lowest BCUT2D eigenvalue weighted by molar-refractivity contribution is -0.131. The van der Waals surface area contributed by atoms with Gasteiger partial charge in [0.05, 0.1) is 4.83 Å². The van der Waals surface area contributed by atoms with E-state index in [1.807, 2.05) is 0 Å². The van der Waals surface area contributed by atoms with E-state index >= 15 is 0 Å². The standard InChI is InChI=1S/C13H12Br2O5/c1-13(2)19-10-7(9(14)11(15)18-6-16)4-3-5-8(10)12(17)20-13/h3-6,9,11H,1-2H3. The van der Waals surface area contributed by atoms with Gasteiger partial charge in [0.2, 0.25) is 5.79 Å². The molecule has 0 amide bonds. The van der Waals surface area contributed by atoms with Crippen LogP contribution >= 0.6 is 31.9 Å². The van der Waals surface area contributed by atoms with Crippen LogP contribution in [0.1, 0.15) is 34.6 Å². The number of halogens is 2. The first-order chi connectivity index (χ1) is 9.35. The quantitative estimate of drug-likeness (QED) is 0.435. The molecule has 1 aromatic rings. The highest BCUT2D eigenvalue weighted by molar-refractivity contribution is 9.12. The predicted octanol–water partition coefficient (Wildman–Crippen LogP) is 3.30. The largest absolute Gasteiger partial charge is 0.452 e. The number of benzene rings is 1. The fraction of sp³-hybridized carbons (Fsp3) is 0.385. The number of carbonyl (C=O) groups excluding carboxylic acids is 2. The Bertz CT molecular complexity index is 544. The van der Waals surface area contributed by atoms with Gasteiger partial charge >= 0.3 is 5.97 Å². The van der Waals surface area contributed by atoms with Gasteiger partial charge in [-0.1, -0.05) is 28.1 Å². The van der Waals surface area contributed by atoms with Crippen LogP contribution in [-0.4, -0.2) is 23.2 Å². The molecule has 20 heavy (non-hydrogen) atoms. The van der Waals surface area contributed by atoms with Crippen LogP contribution in [0.4, 0.5) is 0 Å². The van der Waals surface area contributed by atoms with E-state index in [1.165, 1.54) is 0 Å². The van der Waals surface area contributed by atoms with Gasteiger partial charge in [0.15, 0.2) is 5.01 Å². The average molecular weight is 408 g/mol. The molecule has 0 fully saturated rings. The molecule has 2 atom stereocenters. The summed E-state index contributed by atoms with van der Waals surface area (Å²) in [7, 11) is 0. The smallest absolute Gasteiger partial charge is 0.345 e. The molecule has 2 unspecified atom stereocenters. The van der Waals surface area contributed by atoms with Crippen LogP contribution in [0.25, 0.3) is 0 Å². The number of cyclic esters (lactones) is 1. The Kier molecular flexibility index (Phi) is 4.39. The van der Waals surface area contributed by atoms with Crippen LogP contribution in [0.15, 0.2) is 18.2 Å². The highest BCUT2D eigenvalue weighted by atomic mass is 79.9. The van der Waals surface area contributed by atoms with E-state index in [4.69, 9.17) is 14.2 Å². The molecule has 1 aliphatic rings. The average Bonchev–Trinajstić information content (AvgIpc) is 2.36. The second kappa shape index (κ2) is 5.73. The molecule has 0 spiro atoms. The highest BCUT2D eigenvalue weighted by Gasteiger charge is 2.37. The number of fused-ring (bicyclic) bond motifs is 1. The van der Waals surface area contributed by atoms with Gasteiger partial charge in [0.25, 0.3) is 6.47 Å². The maximum atomic E-state index is 12.0. The van der Waals surface area contributed by atoms with Crippen LogP contribution < -0.4 is 4.74 Å². The summed E-state index contributed by atoms with van der Waals surface area (Å²) in [6.45, 7) is 3.66. The Balaban J connectivity index is 2.44. The molecule has 0 radical (unpaired) electrons. The second-order valence-corrected chi connectivity index (χ2v) is 6.49. The Morgan fingerprint density at radius 1 is 1.30 bits per heavy atom. The number of hydrogen-bond acceptors (Lipinski definition) is 5. The number of alkyl halides is 2. The van der Waals surface area contributed by atoms with E-state index in [9.17, 15) is 9.59 Å². The minimum Gasteiger partial charge on any atom is -0.452 e. The van der Waals surface area contributed by atoms with Crippen molar-refractivity contribution >= 4 is 44.3 Å². The Labute approximate surface area is 132 Å². The normalized spacial score (nSPS) is 19.1. The summed E-state index contributed by atoms with van der Waals surface area (Å²) in [4.78, 5) is 22.0. The monoisotopic (exact) mass is 406 g/mol. The van der Waals surface area contributed by atoms with Gasteiger partial charge in [0, 0.05) is 19.4 Å². The summed E-state index contributed by atoms with van der Waals surface area (Å²) >= 11 is 6.67. The summed E-state index contributed by atoms with van der Waals surface area (Å²) in [6, 6.07) is 5.13. The number of para-hydroxylation sites is 1. The minimum absolute atomic E-state index is 0.345. The SMILES string of the molecule is CC1(C)OC(=O)c2cccc(C(Br)C(Br)OC=O)c2O1. The molecule has 0 bridgehead atoms. The Morgan fingerprint density at radius 2 is 2.00 bits per heavy atom. The summed E-state index contributed by atoms with van der Waals surface area (Å²) in [5.74, 6) is -1.06. The first-order valence-corrected chi connectivity index (χ1v) is 7.61. The van der Waals surface area contributed by atoms with Crippen molar-refractivity contribution in [3.63, 3.8) is 0 Å². The molecule has 7 heteroatoms. The Hall–Kier alpha value is -1.08. The summed E-state index contributed by atoms with van der Waals surface area (Å²) in [5.41, 5.74) is 1.04. The zero-order valence-corrected chi connectivity index (χ0v) is 13.9. The number of hydrogen-bond donors (Lipinski definition) is 0. The molecule has 0 saturated heterocycles. The molecule has 0 aromatic heterocycles. The van der Waals surface area contributed by atoms with Gasteiger partial charge in [-0.3, -0.25) is 4.79 Å². The number of rotatable bonds is 4. The number of carbonyl (C=O) groups is 2. The van der Waals surface area contributed by atoms with Crippen LogP contribution in [0.3, 0.4) is 0 Å². The fourth-order valence-electron chi connectivity index (χ4n) is 1.85. The molecular weight excluding hydrogens is 396 g/mol.